The molecule has 0 saturated heterocycles. The van der Waals surface area contributed by atoms with Crippen LogP contribution in [0.2, 0.25) is 0 Å². The van der Waals surface area contributed by atoms with Crippen molar-refractivity contribution in [3.63, 3.8) is 0 Å². The highest BCUT2D eigenvalue weighted by atomic mass is 19.1. The molecule has 1 aromatic carbocycles. The average molecular weight is 363 g/mol. The SMILES string of the molecule is CCCCCCCCCCOc1ccc(C2CCC(CC)CC2)cc1F. The highest BCUT2D eigenvalue weighted by Gasteiger charge is 2.22. The van der Waals surface area contributed by atoms with Crippen LogP contribution in [0.25, 0.3) is 0 Å². The summed E-state index contributed by atoms with van der Waals surface area (Å²) < 4.78 is 20.1. The van der Waals surface area contributed by atoms with Gasteiger partial charge in [-0.05, 0) is 61.6 Å². The molecule has 1 saturated carbocycles. The minimum Gasteiger partial charge on any atom is -0.491 e. The maximum Gasteiger partial charge on any atom is 0.165 e. The second-order valence-corrected chi connectivity index (χ2v) is 8.14. The molecule has 2 heteroatoms. The number of hydrogen-bond acceptors (Lipinski definition) is 1. The Kier molecular flexibility index (Phi) is 10.1. The first-order valence-corrected chi connectivity index (χ1v) is 11.2. The Labute approximate surface area is 160 Å². The summed E-state index contributed by atoms with van der Waals surface area (Å²) in [4.78, 5) is 0. The molecule has 148 valence electrons. The maximum absolute atomic E-state index is 14.4. The summed E-state index contributed by atoms with van der Waals surface area (Å²) in [5, 5.41) is 0. The molecule has 1 aliphatic rings. The van der Waals surface area contributed by atoms with E-state index in [0.717, 1.165) is 17.9 Å². The summed E-state index contributed by atoms with van der Waals surface area (Å²) in [6, 6.07) is 5.66. The van der Waals surface area contributed by atoms with E-state index in [1.165, 1.54) is 77.0 Å². The van der Waals surface area contributed by atoms with Gasteiger partial charge in [0, 0.05) is 0 Å². The van der Waals surface area contributed by atoms with E-state index in [-0.39, 0.29) is 5.82 Å². The zero-order valence-corrected chi connectivity index (χ0v) is 17.1. The number of halogens is 1. The van der Waals surface area contributed by atoms with Crippen LogP contribution < -0.4 is 4.74 Å². The number of benzene rings is 1. The third-order valence-electron chi connectivity index (χ3n) is 6.11. The summed E-state index contributed by atoms with van der Waals surface area (Å²) >= 11 is 0. The summed E-state index contributed by atoms with van der Waals surface area (Å²) in [5.41, 5.74) is 1.16. The normalized spacial score (nSPS) is 20.3. The molecule has 0 spiro atoms. The minimum absolute atomic E-state index is 0.181. The molecule has 1 fully saturated rings. The van der Waals surface area contributed by atoms with Crippen molar-refractivity contribution in [2.24, 2.45) is 5.92 Å². The molecule has 0 amide bonds. The number of ether oxygens (including phenoxy) is 1. The van der Waals surface area contributed by atoms with Crippen LogP contribution in [0.5, 0.6) is 5.75 Å². The van der Waals surface area contributed by atoms with E-state index in [9.17, 15) is 4.39 Å². The van der Waals surface area contributed by atoms with E-state index in [4.69, 9.17) is 4.74 Å². The van der Waals surface area contributed by atoms with Crippen molar-refractivity contribution in [2.45, 2.75) is 103 Å². The van der Waals surface area contributed by atoms with Gasteiger partial charge in [-0.2, -0.15) is 0 Å². The van der Waals surface area contributed by atoms with Gasteiger partial charge in [0.2, 0.25) is 0 Å². The lowest BCUT2D eigenvalue weighted by Crippen LogP contribution is -2.12. The first kappa shape index (κ1) is 21.3. The Morgan fingerprint density at radius 1 is 0.885 bits per heavy atom. The van der Waals surface area contributed by atoms with Crippen molar-refractivity contribution in [3.8, 4) is 5.75 Å². The predicted octanol–water partition coefficient (Wildman–Crippen LogP) is 8.03. The second kappa shape index (κ2) is 12.4. The molecule has 0 radical (unpaired) electrons. The first-order valence-electron chi connectivity index (χ1n) is 11.2. The Balaban J connectivity index is 1.64. The van der Waals surface area contributed by atoms with Crippen molar-refractivity contribution in [1.82, 2.24) is 0 Å². The van der Waals surface area contributed by atoms with Crippen LogP contribution in [-0.4, -0.2) is 6.61 Å². The predicted molar refractivity (Wildman–Crippen MR) is 109 cm³/mol. The summed E-state index contributed by atoms with van der Waals surface area (Å²) in [6.07, 6.45) is 16.5. The zero-order chi connectivity index (χ0) is 18.6. The van der Waals surface area contributed by atoms with Crippen molar-refractivity contribution in [3.05, 3.63) is 29.6 Å². The third-order valence-corrected chi connectivity index (χ3v) is 6.11. The fourth-order valence-corrected chi connectivity index (χ4v) is 4.21. The van der Waals surface area contributed by atoms with E-state index in [1.54, 1.807) is 6.07 Å². The van der Waals surface area contributed by atoms with Gasteiger partial charge >= 0.3 is 0 Å². The lowest BCUT2D eigenvalue weighted by molar-refractivity contribution is 0.288. The van der Waals surface area contributed by atoms with Gasteiger partial charge in [-0.3, -0.25) is 0 Å². The van der Waals surface area contributed by atoms with Crippen LogP contribution in [0, 0.1) is 11.7 Å². The second-order valence-electron chi connectivity index (χ2n) is 8.14. The molecule has 0 bridgehead atoms. The summed E-state index contributed by atoms with van der Waals surface area (Å²) in [6.45, 7) is 5.16. The average Bonchev–Trinajstić information content (AvgIpc) is 2.68. The monoisotopic (exact) mass is 362 g/mol. The molecular formula is C24H39FO. The van der Waals surface area contributed by atoms with Gasteiger partial charge < -0.3 is 4.74 Å². The van der Waals surface area contributed by atoms with Crippen LogP contribution in [0.15, 0.2) is 18.2 Å². The Bertz CT molecular complexity index is 491. The molecule has 0 aromatic heterocycles. The van der Waals surface area contributed by atoms with Gasteiger partial charge in [-0.25, -0.2) is 4.39 Å². The molecular weight excluding hydrogens is 323 g/mol. The Morgan fingerprint density at radius 3 is 2.15 bits per heavy atom. The minimum atomic E-state index is -0.181. The summed E-state index contributed by atoms with van der Waals surface area (Å²) in [7, 11) is 0. The molecule has 0 N–H and O–H groups in total. The van der Waals surface area contributed by atoms with Crippen molar-refractivity contribution < 1.29 is 9.13 Å². The van der Waals surface area contributed by atoms with E-state index < -0.39 is 0 Å². The molecule has 0 atom stereocenters. The Hall–Kier alpha value is -1.05. The lowest BCUT2D eigenvalue weighted by Gasteiger charge is -2.28. The number of unbranched alkanes of at least 4 members (excludes halogenated alkanes) is 7. The van der Waals surface area contributed by atoms with Crippen LogP contribution in [0.1, 0.15) is 109 Å². The van der Waals surface area contributed by atoms with Crippen molar-refractivity contribution in [1.29, 1.82) is 0 Å². The summed E-state index contributed by atoms with van der Waals surface area (Å²) in [5.74, 6) is 1.66. The molecule has 2 rings (SSSR count). The maximum atomic E-state index is 14.4. The van der Waals surface area contributed by atoms with E-state index in [1.807, 2.05) is 6.07 Å². The highest BCUT2D eigenvalue weighted by Crippen LogP contribution is 2.37. The Morgan fingerprint density at radius 2 is 1.54 bits per heavy atom. The molecule has 1 nitrogen and oxygen atoms in total. The highest BCUT2D eigenvalue weighted by molar-refractivity contribution is 5.31. The quantitative estimate of drug-likeness (QED) is 0.342. The fraction of sp³-hybridized carbons (Fsp3) is 0.750. The molecule has 26 heavy (non-hydrogen) atoms. The van der Waals surface area contributed by atoms with Gasteiger partial charge in [0.15, 0.2) is 11.6 Å². The van der Waals surface area contributed by atoms with Gasteiger partial charge in [0.25, 0.3) is 0 Å². The fourth-order valence-electron chi connectivity index (χ4n) is 4.21. The topological polar surface area (TPSA) is 9.23 Å². The van der Waals surface area contributed by atoms with E-state index >= 15 is 0 Å². The van der Waals surface area contributed by atoms with Gasteiger partial charge in [0.1, 0.15) is 0 Å². The van der Waals surface area contributed by atoms with Gasteiger partial charge in [-0.15, -0.1) is 0 Å². The van der Waals surface area contributed by atoms with Crippen molar-refractivity contribution in [2.75, 3.05) is 6.61 Å². The standard InChI is InChI=1S/C24H39FO/c1-3-5-6-7-8-9-10-11-18-26-24-17-16-22(19-23(24)25)21-14-12-20(4-2)13-15-21/h16-17,19-21H,3-15,18H2,1-2H3. The van der Waals surface area contributed by atoms with E-state index in [2.05, 4.69) is 19.9 Å². The van der Waals surface area contributed by atoms with Crippen molar-refractivity contribution >= 4 is 0 Å². The number of rotatable bonds is 12. The smallest absolute Gasteiger partial charge is 0.165 e. The van der Waals surface area contributed by atoms with Crippen LogP contribution in [0.4, 0.5) is 4.39 Å². The van der Waals surface area contributed by atoms with Crippen LogP contribution in [-0.2, 0) is 0 Å². The largest absolute Gasteiger partial charge is 0.491 e. The lowest BCUT2D eigenvalue weighted by atomic mass is 9.78. The van der Waals surface area contributed by atoms with Crippen LogP contribution >= 0.6 is 0 Å². The molecule has 1 aliphatic carbocycles. The van der Waals surface area contributed by atoms with Gasteiger partial charge in [-0.1, -0.05) is 71.3 Å². The zero-order valence-electron chi connectivity index (χ0n) is 17.1. The number of hydrogen-bond donors (Lipinski definition) is 0. The molecule has 0 aliphatic heterocycles. The first-order chi connectivity index (χ1) is 12.7. The molecule has 0 heterocycles. The van der Waals surface area contributed by atoms with Gasteiger partial charge in [0.05, 0.1) is 6.61 Å². The van der Waals surface area contributed by atoms with Crippen LogP contribution in [0.3, 0.4) is 0 Å². The third kappa shape index (κ3) is 7.29. The molecule has 1 aromatic rings. The van der Waals surface area contributed by atoms with E-state index in [0.29, 0.717) is 18.3 Å². The molecule has 0 unspecified atom stereocenters.